The summed E-state index contributed by atoms with van der Waals surface area (Å²) >= 11 is 1.58. The first-order chi connectivity index (χ1) is 12.1. The molecule has 0 bridgehead atoms. The quantitative estimate of drug-likeness (QED) is 0.790. The van der Waals surface area contributed by atoms with Crippen LogP contribution in [-0.4, -0.2) is 34.1 Å². The van der Waals surface area contributed by atoms with Crippen molar-refractivity contribution >= 4 is 23.3 Å². The van der Waals surface area contributed by atoms with Gasteiger partial charge in [-0.1, -0.05) is 0 Å². The van der Waals surface area contributed by atoms with Gasteiger partial charge in [-0.3, -0.25) is 4.79 Å². The molecule has 3 rings (SSSR count). The van der Waals surface area contributed by atoms with Crippen LogP contribution in [-0.2, 0) is 11.3 Å². The Labute approximate surface area is 151 Å². The Balaban J connectivity index is 1.70. The number of anilines is 1. The fraction of sp³-hybridized carbons (Fsp3) is 0.500. The first kappa shape index (κ1) is 17.8. The number of piperidine rings is 1. The topological polar surface area (TPSA) is 78.3 Å². The zero-order chi connectivity index (χ0) is 17.6. The lowest BCUT2D eigenvalue weighted by Gasteiger charge is -2.27. The van der Waals surface area contributed by atoms with Crippen LogP contribution >= 0.6 is 11.3 Å². The maximum atomic E-state index is 11.2. The van der Waals surface area contributed by atoms with Crippen molar-refractivity contribution in [1.29, 1.82) is 0 Å². The van der Waals surface area contributed by atoms with E-state index in [2.05, 4.69) is 15.2 Å². The van der Waals surface area contributed by atoms with Crippen molar-refractivity contribution < 1.29 is 9.90 Å². The number of carbonyl (C=O) groups is 1. The predicted octanol–water partition coefficient (Wildman–Crippen LogP) is 3.14. The summed E-state index contributed by atoms with van der Waals surface area (Å²) in [5.74, 6) is -0.0154. The Morgan fingerprint density at radius 1 is 1.36 bits per heavy atom. The van der Waals surface area contributed by atoms with Crippen LogP contribution in [0.5, 0.6) is 0 Å². The van der Waals surface area contributed by atoms with Gasteiger partial charge in [0, 0.05) is 31.4 Å². The molecular formula is C18H24N4O2S. The largest absolute Gasteiger partial charge is 0.481 e. The Morgan fingerprint density at radius 3 is 2.84 bits per heavy atom. The molecule has 0 saturated carbocycles. The van der Waals surface area contributed by atoms with Gasteiger partial charge < -0.3 is 15.3 Å². The maximum Gasteiger partial charge on any atom is 0.305 e. The molecule has 3 heterocycles. The van der Waals surface area contributed by atoms with Gasteiger partial charge in [0.2, 0.25) is 5.95 Å². The zero-order valence-corrected chi connectivity index (χ0v) is 15.3. The van der Waals surface area contributed by atoms with Gasteiger partial charge in [0.25, 0.3) is 0 Å². The van der Waals surface area contributed by atoms with Crippen LogP contribution in [0.2, 0.25) is 0 Å². The highest BCUT2D eigenvalue weighted by atomic mass is 32.1. The standard InChI is InChI=1S/C18H24N4O2S/c1-13-9-15(21-18(20-13)22-6-3-2-4-7-22)11-19-16(10-17(23)24)14-5-8-25-12-14/h5,8-9,12,16,19H,2-4,6-7,10-11H2,1H3,(H,23,24)/t16-/m1/s1. The molecule has 0 unspecified atom stereocenters. The normalized spacial score (nSPS) is 16.0. The molecule has 0 amide bonds. The van der Waals surface area contributed by atoms with Crippen LogP contribution in [0.4, 0.5) is 5.95 Å². The molecule has 0 aliphatic carbocycles. The highest BCUT2D eigenvalue weighted by Crippen LogP contribution is 2.21. The third kappa shape index (κ3) is 4.99. The number of aryl methyl sites for hydroxylation is 1. The van der Waals surface area contributed by atoms with Crippen LogP contribution in [0.25, 0.3) is 0 Å². The average Bonchev–Trinajstić information content (AvgIpc) is 3.13. The summed E-state index contributed by atoms with van der Waals surface area (Å²) in [5, 5.41) is 16.5. The Morgan fingerprint density at radius 2 is 2.16 bits per heavy atom. The van der Waals surface area contributed by atoms with E-state index in [-0.39, 0.29) is 12.5 Å². The van der Waals surface area contributed by atoms with E-state index in [1.165, 1.54) is 19.3 Å². The Bertz CT molecular complexity index is 699. The van der Waals surface area contributed by atoms with E-state index >= 15 is 0 Å². The average molecular weight is 360 g/mol. The molecule has 0 radical (unpaired) electrons. The molecule has 134 valence electrons. The first-order valence-corrected chi connectivity index (χ1v) is 9.63. The molecule has 1 aliphatic rings. The second kappa shape index (κ2) is 8.40. The molecule has 1 aliphatic heterocycles. The highest BCUT2D eigenvalue weighted by Gasteiger charge is 2.17. The number of nitrogens with zero attached hydrogens (tertiary/aromatic N) is 3. The second-order valence-electron chi connectivity index (χ2n) is 6.44. The van der Waals surface area contributed by atoms with E-state index in [0.717, 1.165) is 36.0 Å². The van der Waals surface area contributed by atoms with Crippen molar-refractivity contribution in [3.05, 3.63) is 39.8 Å². The minimum atomic E-state index is -0.809. The van der Waals surface area contributed by atoms with Crippen molar-refractivity contribution in [2.45, 2.75) is 45.2 Å². The molecule has 7 heteroatoms. The fourth-order valence-electron chi connectivity index (χ4n) is 3.13. The number of nitrogens with one attached hydrogen (secondary N) is 1. The van der Waals surface area contributed by atoms with Crippen molar-refractivity contribution in [1.82, 2.24) is 15.3 Å². The van der Waals surface area contributed by atoms with Crippen LogP contribution in [0, 0.1) is 6.92 Å². The number of aromatic nitrogens is 2. The number of aliphatic carboxylic acids is 1. The molecule has 2 N–H and O–H groups in total. The van der Waals surface area contributed by atoms with E-state index < -0.39 is 5.97 Å². The van der Waals surface area contributed by atoms with Crippen molar-refractivity contribution in [2.75, 3.05) is 18.0 Å². The van der Waals surface area contributed by atoms with Gasteiger partial charge in [-0.25, -0.2) is 9.97 Å². The molecule has 2 aromatic rings. The molecule has 1 saturated heterocycles. The summed E-state index contributed by atoms with van der Waals surface area (Å²) in [6.07, 6.45) is 3.70. The lowest BCUT2D eigenvalue weighted by molar-refractivity contribution is -0.137. The first-order valence-electron chi connectivity index (χ1n) is 8.68. The van der Waals surface area contributed by atoms with E-state index in [1.54, 1.807) is 11.3 Å². The summed E-state index contributed by atoms with van der Waals surface area (Å²) in [7, 11) is 0. The lowest BCUT2D eigenvalue weighted by atomic mass is 10.1. The van der Waals surface area contributed by atoms with Crippen LogP contribution in [0.15, 0.2) is 22.9 Å². The smallest absolute Gasteiger partial charge is 0.305 e. The zero-order valence-electron chi connectivity index (χ0n) is 14.4. The van der Waals surface area contributed by atoms with Gasteiger partial charge in [-0.05, 0) is 54.6 Å². The SMILES string of the molecule is Cc1cc(CN[C@H](CC(=O)O)c2ccsc2)nc(N2CCCCC2)n1. The van der Waals surface area contributed by atoms with Gasteiger partial charge in [-0.2, -0.15) is 11.3 Å². The lowest BCUT2D eigenvalue weighted by Crippen LogP contribution is -2.31. The summed E-state index contributed by atoms with van der Waals surface area (Å²) in [5.41, 5.74) is 2.85. The number of carboxylic acid groups (broad SMARTS) is 1. The van der Waals surface area contributed by atoms with E-state index in [9.17, 15) is 4.79 Å². The van der Waals surface area contributed by atoms with Crippen molar-refractivity contribution in [3.8, 4) is 0 Å². The van der Waals surface area contributed by atoms with Crippen molar-refractivity contribution in [2.24, 2.45) is 0 Å². The van der Waals surface area contributed by atoms with Crippen LogP contribution in [0.3, 0.4) is 0 Å². The van der Waals surface area contributed by atoms with Crippen LogP contribution in [0.1, 0.15) is 48.7 Å². The predicted molar refractivity (Wildman–Crippen MR) is 99.0 cm³/mol. The number of hydrogen-bond donors (Lipinski definition) is 2. The van der Waals surface area contributed by atoms with E-state index in [1.807, 2.05) is 29.8 Å². The summed E-state index contributed by atoms with van der Waals surface area (Å²) in [4.78, 5) is 22.7. The summed E-state index contributed by atoms with van der Waals surface area (Å²) in [6.45, 7) is 4.52. The maximum absolute atomic E-state index is 11.2. The summed E-state index contributed by atoms with van der Waals surface area (Å²) in [6, 6.07) is 3.72. The number of hydrogen-bond acceptors (Lipinski definition) is 6. The molecule has 6 nitrogen and oxygen atoms in total. The van der Waals surface area contributed by atoms with Gasteiger partial charge >= 0.3 is 5.97 Å². The second-order valence-corrected chi connectivity index (χ2v) is 7.22. The number of rotatable bonds is 7. The summed E-state index contributed by atoms with van der Waals surface area (Å²) < 4.78 is 0. The monoisotopic (exact) mass is 360 g/mol. The molecule has 1 atom stereocenters. The van der Waals surface area contributed by atoms with Gasteiger partial charge in [0.15, 0.2) is 0 Å². The van der Waals surface area contributed by atoms with Gasteiger partial charge in [0.05, 0.1) is 12.1 Å². The molecule has 0 spiro atoms. The van der Waals surface area contributed by atoms with E-state index in [4.69, 9.17) is 10.1 Å². The Kier molecular flexibility index (Phi) is 5.99. The minimum absolute atomic E-state index is 0.0553. The Hall–Kier alpha value is -1.99. The van der Waals surface area contributed by atoms with Crippen molar-refractivity contribution in [3.63, 3.8) is 0 Å². The molecular weight excluding hydrogens is 336 g/mol. The molecule has 1 fully saturated rings. The highest BCUT2D eigenvalue weighted by molar-refractivity contribution is 7.07. The molecule has 25 heavy (non-hydrogen) atoms. The molecule has 0 aromatic carbocycles. The van der Waals surface area contributed by atoms with E-state index in [0.29, 0.717) is 6.54 Å². The third-order valence-corrected chi connectivity index (χ3v) is 5.09. The minimum Gasteiger partial charge on any atom is -0.481 e. The number of thiophene rings is 1. The van der Waals surface area contributed by atoms with Crippen LogP contribution < -0.4 is 10.2 Å². The molecule has 2 aromatic heterocycles. The van der Waals surface area contributed by atoms with Gasteiger partial charge in [0.1, 0.15) is 0 Å². The third-order valence-electron chi connectivity index (χ3n) is 4.39. The number of carboxylic acids is 1. The fourth-order valence-corrected chi connectivity index (χ4v) is 3.84. The van der Waals surface area contributed by atoms with Gasteiger partial charge in [-0.15, -0.1) is 0 Å².